The van der Waals surface area contributed by atoms with E-state index < -0.39 is 41.9 Å². The van der Waals surface area contributed by atoms with Gasteiger partial charge in [0.25, 0.3) is 5.78 Å². The number of nitrogens with one attached hydrogen (secondary N) is 2. The number of thioether (sulfide) groups is 1. The Hall–Kier alpha value is -3.08. The average Bonchev–Trinajstić information content (AvgIpc) is 3.32. The number of carbonyl (C=O) groups excluding carboxylic acids is 5. The molecule has 1 aliphatic heterocycles. The number of hydrogen-bond acceptors (Lipinski definition) is 7. The zero-order chi connectivity index (χ0) is 27.7. The summed E-state index contributed by atoms with van der Waals surface area (Å²) in [6.45, 7) is 9.23. The molecule has 3 atom stereocenters. The Morgan fingerprint density at radius 1 is 1.11 bits per heavy atom. The summed E-state index contributed by atoms with van der Waals surface area (Å²) in [6, 6.07) is 7.77. The van der Waals surface area contributed by atoms with Crippen molar-refractivity contribution in [2.24, 2.45) is 11.8 Å². The summed E-state index contributed by atoms with van der Waals surface area (Å²) in [5.41, 5.74) is 0.713. The summed E-state index contributed by atoms with van der Waals surface area (Å²) < 4.78 is 5.05. The standard InChI is InChI=1S/C26H38N4O6S/c1-7-29(6)26(35)28-21(16(2)3)24(33)30-15-37-14-20(30)27-23(32)19(13-18-11-9-8-10-12-18)22(31)25(34)36-17(4)5/h8-12,16-17,19-21H,7,13-15H2,1-6H3,(H,27,32)(H,28,35)/t19-,20+,21-/m0/s1. The van der Waals surface area contributed by atoms with Crippen molar-refractivity contribution in [3.8, 4) is 0 Å². The van der Waals surface area contributed by atoms with Gasteiger partial charge >= 0.3 is 12.0 Å². The first-order valence-electron chi connectivity index (χ1n) is 12.4. The van der Waals surface area contributed by atoms with Crippen LogP contribution < -0.4 is 10.6 Å². The molecular formula is C26H38N4O6S. The molecule has 0 aromatic heterocycles. The average molecular weight is 535 g/mol. The van der Waals surface area contributed by atoms with Gasteiger partial charge < -0.3 is 25.2 Å². The van der Waals surface area contributed by atoms with Gasteiger partial charge in [-0.25, -0.2) is 9.59 Å². The number of hydrogen-bond donors (Lipinski definition) is 2. The first-order chi connectivity index (χ1) is 17.5. The minimum atomic E-state index is -1.31. The van der Waals surface area contributed by atoms with Crippen molar-refractivity contribution in [2.75, 3.05) is 25.2 Å². The van der Waals surface area contributed by atoms with Crippen molar-refractivity contribution >= 4 is 41.4 Å². The molecule has 0 saturated carbocycles. The van der Waals surface area contributed by atoms with E-state index in [1.54, 1.807) is 45.2 Å². The highest BCUT2D eigenvalue weighted by Crippen LogP contribution is 2.23. The van der Waals surface area contributed by atoms with Crippen LogP contribution in [0.5, 0.6) is 0 Å². The maximum atomic E-state index is 13.4. The highest BCUT2D eigenvalue weighted by atomic mass is 32.2. The van der Waals surface area contributed by atoms with Gasteiger partial charge in [-0.2, -0.15) is 0 Å². The molecule has 204 valence electrons. The summed E-state index contributed by atoms with van der Waals surface area (Å²) in [4.78, 5) is 67.5. The second-order valence-electron chi connectivity index (χ2n) is 9.58. The fourth-order valence-electron chi connectivity index (χ4n) is 3.69. The van der Waals surface area contributed by atoms with E-state index in [2.05, 4.69) is 10.6 Å². The van der Waals surface area contributed by atoms with Crippen molar-refractivity contribution in [2.45, 2.75) is 59.4 Å². The van der Waals surface area contributed by atoms with Crippen molar-refractivity contribution in [1.82, 2.24) is 20.4 Å². The second-order valence-corrected chi connectivity index (χ2v) is 10.6. The van der Waals surface area contributed by atoms with Crippen molar-refractivity contribution < 1.29 is 28.7 Å². The molecule has 2 N–H and O–H groups in total. The molecule has 1 fully saturated rings. The van der Waals surface area contributed by atoms with Gasteiger partial charge in [0.05, 0.1) is 12.0 Å². The van der Waals surface area contributed by atoms with Crippen LogP contribution in [0.25, 0.3) is 0 Å². The SMILES string of the molecule is CCN(C)C(=O)N[C@H](C(=O)N1CSC[C@@H]1NC(=O)[C@@H](Cc1ccccc1)C(=O)C(=O)OC(C)C)C(C)C. The number of ketones is 1. The first-order valence-corrected chi connectivity index (χ1v) is 13.6. The van der Waals surface area contributed by atoms with Gasteiger partial charge in [-0.1, -0.05) is 44.2 Å². The normalized spacial score (nSPS) is 16.8. The minimum Gasteiger partial charge on any atom is -0.457 e. The lowest BCUT2D eigenvalue weighted by atomic mass is 9.94. The number of Topliss-reactive ketones (excluding diaryl/α,β-unsaturated/α-hetero) is 1. The van der Waals surface area contributed by atoms with Gasteiger partial charge in [0.15, 0.2) is 0 Å². The van der Waals surface area contributed by atoms with E-state index in [0.717, 1.165) is 0 Å². The number of nitrogens with zero attached hydrogens (tertiary/aromatic N) is 2. The van der Waals surface area contributed by atoms with Crippen LogP contribution in [-0.4, -0.2) is 82.9 Å². The Kier molecular flexibility index (Phi) is 11.4. The van der Waals surface area contributed by atoms with Crippen molar-refractivity contribution in [1.29, 1.82) is 0 Å². The van der Waals surface area contributed by atoms with Gasteiger partial charge in [-0.05, 0) is 38.7 Å². The smallest absolute Gasteiger partial charge is 0.375 e. The maximum absolute atomic E-state index is 13.4. The number of benzene rings is 1. The second kappa shape index (κ2) is 14.0. The Morgan fingerprint density at radius 3 is 2.32 bits per heavy atom. The third-order valence-corrected chi connectivity index (χ3v) is 6.98. The van der Waals surface area contributed by atoms with E-state index in [-0.39, 0.29) is 24.3 Å². The largest absolute Gasteiger partial charge is 0.457 e. The third-order valence-electron chi connectivity index (χ3n) is 5.97. The lowest BCUT2D eigenvalue weighted by Gasteiger charge is -2.32. The minimum absolute atomic E-state index is 0.0144. The number of carbonyl (C=O) groups is 5. The van der Waals surface area contributed by atoms with Crippen LogP contribution >= 0.6 is 11.8 Å². The highest BCUT2D eigenvalue weighted by Gasteiger charge is 2.40. The van der Waals surface area contributed by atoms with Gasteiger partial charge in [-0.15, -0.1) is 11.8 Å². The quantitative estimate of drug-likeness (QED) is 0.253. The van der Waals surface area contributed by atoms with Crippen molar-refractivity contribution in [3.63, 3.8) is 0 Å². The van der Waals surface area contributed by atoms with E-state index in [1.807, 2.05) is 26.8 Å². The lowest BCUT2D eigenvalue weighted by Crippen LogP contribution is -2.58. The summed E-state index contributed by atoms with van der Waals surface area (Å²) in [5.74, 6) is -3.76. The van der Waals surface area contributed by atoms with Crippen LogP contribution in [0.15, 0.2) is 30.3 Å². The Bertz CT molecular complexity index is 971. The summed E-state index contributed by atoms with van der Waals surface area (Å²) in [5, 5.41) is 5.58. The van der Waals surface area contributed by atoms with Crippen LogP contribution in [0, 0.1) is 11.8 Å². The molecule has 0 spiro atoms. The molecule has 37 heavy (non-hydrogen) atoms. The number of urea groups is 1. The van der Waals surface area contributed by atoms with E-state index >= 15 is 0 Å². The van der Waals surface area contributed by atoms with E-state index in [4.69, 9.17) is 4.74 Å². The zero-order valence-electron chi connectivity index (χ0n) is 22.4. The van der Waals surface area contributed by atoms with E-state index in [1.165, 1.54) is 21.6 Å². The molecule has 0 unspecified atom stereocenters. The molecule has 1 aromatic rings. The summed E-state index contributed by atoms with van der Waals surface area (Å²) in [7, 11) is 1.64. The van der Waals surface area contributed by atoms with Gasteiger partial charge in [0.2, 0.25) is 11.8 Å². The van der Waals surface area contributed by atoms with E-state index in [0.29, 0.717) is 23.7 Å². The topological polar surface area (TPSA) is 125 Å². The fourth-order valence-corrected chi connectivity index (χ4v) is 4.79. The van der Waals surface area contributed by atoms with Crippen LogP contribution in [0.1, 0.15) is 40.2 Å². The van der Waals surface area contributed by atoms with Gasteiger partial charge in [0.1, 0.15) is 18.1 Å². The number of amides is 4. The molecule has 1 heterocycles. The molecule has 1 saturated heterocycles. The number of esters is 1. The summed E-state index contributed by atoms with van der Waals surface area (Å²) >= 11 is 1.45. The number of rotatable bonds is 11. The molecule has 2 rings (SSSR count). The molecular weight excluding hydrogens is 496 g/mol. The van der Waals surface area contributed by atoms with Gasteiger partial charge in [0, 0.05) is 19.3 Å². The Labute approximate surface area is 222 Å². The Balaban J connectivity index is 2.21. The highest BCUT2D eigenvalue weighted by molar-refractivity contribution is 7.99. The molecule has 4 amide bonds. The molecule has 10 nitrogen and oxygen atoms in total. The molecule has 1 aromatic carbocycles. The molecule has 0 aliphatic carbocycles. The molecule has 0 bridgehead atoms. The first kappa shape index (κ1) is 30.1. The van der Waals surface area contributed by atoms with Crippen LogP contribution in [-0.2, 0) is 30.3 Å². The molecule has 1 aliphatic rings. The fraction of sp³-hybridized carbons (Fsp3) is 0.577. The molecule has 11 heteroatoms. The third kappa shape index (κ3) is 8.48. The Morgan fingerprint density at radius 2 is 1.76 bits per heavy atom. The predicted molar refractivity (Wildman–Crippen MR) is 141 cm³/mol. The van der Waals surface area contributed by atoms with Gasteiger partial charge in [-0.3, -0.25) is 14.4 Å². The van der Waals surface area contributed by atoms with E-state index in [9.17, 15) is 24.0 Å². The monoisotopic (exact) mass is 534 g/mol. The zero-order valence-corrected chi connectivity index (χ0v) is 23.2. The number of ether oxygens (including phenoxy) is 1. The van der Waals surface area contributed by atoms with Crippen LogP contribution in [0.4, 0.5) is 4.79 Å². The van der Waals surface area contributed by atoms with Crippen LogP contribution in [0.3, 0.4) is 0 Å². The lowest BCUT2D eigenvalue weighted by molar-refractivity contribution is -0.160. The van der Waals surface area contributed by atoms with Crippen molar-refractivity contribution in [3.05, 3.63) is 35.9 Å². The molecule has 0 radical (unpaired) electrons. The predicted octanol–water partition coefficient (Wildman–Crippen LogP) is 2.03. The maximum Gasteiger partial charge on any atom is 0.375 e. The summed E-state index contributed by atoms with van der Waals surface area (Å²) in [6.07, 6.45) is -1.19. The van der Waals surface area contributed by atoms with Crippen LogP contribution in [0.2, 0.25) is 0 Å².